The van der Waals surface area contributed by atoms with Gasteiger partial charge in [-0.05, 0) is 32.6 Å². The van der Waals surface area contributed by atoms with Gasteiger partial charge in [0.05, 0.1) is 13.2 Å². The van der Waals surface area contributed by atoms with E-state index in [4.69, 9.17) is 9.47 Å². The highest BCUT2D eigenvalue weighted by molar-refractivity contribution is 5.82. The Morgan fingerprint density at radius 2 is 1.95 bits per heavy atom. The summed E-state index contributed by atoms with van der Waals surface area (Å²) in [7, 11) is 0. The van der Waals surface area contributed by atoms with Gasteiger partial charge in [-0.3, -0.25) is 0 Å². The first-order chi connectivity index (χ1) is 9.24. The van der Waals surface area contributed by atoms with Crippen LogP contribution in [0.4, 0.5) is 0 Å². The van der Waals surface area contributed by atoms with Crippen molar-refractivity contribution in [3.05, 3.63) is 11.8 Å². The molecular weight excluding hydrogens is 244 g/mol. The zero-order valence-corrected chi connectivity index (χ0v) is 11.7. The minimum Gasteiger partial charge on any atom is -0.459 e. The van der Waals surface area contributed by atoms with E-state index in [1.165, 1.54) is 19.3 Å². The van der Waals surface area contributed by atoms with Crippen LogP contribution in [-0.4, -0.2) is 43.4 Å². The Kier molecular flexibility index (Phi) is 5.66. The summed E-state index contributed by atoms with van der Waals surface area (Å²) in [5, 5.41) is 2.06. The molecule has 1 heterocycles. The van der Waals surface area contributed by atoms with Gasteiger partial charge in [-0.2, -0.15) is 0 Å². The number of allylic oxidation sites excluding steroid dienone is 1. The highest BCUT2D eigenvalue weighted by Gasteiger charge is 2.17. The van der Waals surface area contributed by atoms with Crippen molar-refractivity contribution < 1.29 is 14.3 Å². The highest BCUT2D eigenvalue weighted by Crippen LogP contribution is 2.20. The van der Waals surface area contributed by atoms with Crippen LogP contribution in [0, 0.1) is 0 Å². The molecule has 0 radical (unpaired) electrons. The first-order valence-electron chi connectivity index (χ1n) is 7.22. The van der Waals surface area contributed by atoms with Gasteiger partial charge in [0.15, 0.2) is 0 Å². The molecule has 1 saturated heterocycles. The number of carbonyl (C=O) groups is 1. The number of hydrogen-bond donors (Lipinski definition) is 1. The van der Waals surface area contributed by atoms with Crippen LogP contribution in [0.3, 0.4) is 0 Å². The summed E-state index contributed by atoms with van der Waals surface area (Å²) in [6, 6.07) is 0. The Balaban J connectivity index is 1.73. The number of carbonyl (C=O) groups excluding carboxylic acids is 1. The second-order valence-corrected chi connectivity index (χ2v) is 5.24. The van der Waals surface area contributed by atoms with Crippen LogP contribution in [0.15, 0.2) is 11.8 Å². The van der Waals surface area contributed by atoms with Gasteiger partial charge in [-0.25, -0.2) is 9.80 Å². The molecule has 0 atom stereocenters. The van der Waals surface area contributed by atoms with E-state index in [2.05, 4.69) is 10.4 Å². The van der Waals surface area contributed by atoms with Gasteiger partial charge >= 0.3 is 5.97 Å². The van der Waals surface area contributed by atoms with Gasteiger partial charge in [0, 0.05) is 24.9 Å². The van der Waals surface area contributed by atoms with Gasteiger partial charge in [0.1, 0.15) is 6.10 Å². The van der Waals surface area contributed by atoms with E-state index in [0.29, 0.717) is 0 Å². The van der Waals surface area contributed by atoms with E-state index < -0.39 is 0 Å². The molecule has 2 rings (SSSR count). The molecule has 2 aliphatic rings. The summed E-state index contributed by atoms with van der Waals surface area (Å²) < 4.78 is 10.7. The molecule has 0 aromatic carbocycles. The lowest BCUT2D eigenvalue weighted by Crippen LogP contribution is -2.44. The molecule has 1 aliphatic carbocycles. The van der Waals surface area contributed by atoms with Crippen LogP contribution in [0.1, 0.15) is 39.0 Å². The molecular formula is C14H24N2O3. The fraction of sp³-hybridized carbons (Fsp3) is 0.786. The summed E-state index contributed by atoms with van der Waals surface area (Å²) in [5.41, 5.74) is 4.02. The molecule has 0 aromatic rings. The fourth-order valence-electron chi connectivity index (χ4n) is 2.51. The average molecular weight is 268 g/mol. The van der Waals surface area contributed by atoms with Crippen molar-refractivity contribution in [3.8, 4) is 0 Å². The largest absolute Gasteiger partial charge is 0.459 e. The van der Waals surface area contributed by atoms with Crippen molar-refractivity contribution in [3.63, 3.8) is 0 Å². The lowest BCUT2D eigenvalue weighted by atomic mass is 9.98. The maximum Gasteiger partial charge on any atom is 0.332 e. The molecule has 0 unspecified atom stereocenters. The molecule has 0 amide bonds. The zero-order valence-electron chi connectivity index (χ0n) is 11.7. The third-order valence-corrected chi connectivity index (χ3v) is 3.51. The number of ether oxygens (including phenoxy) is 2. The first-order valence-corrected chi connectivity index (χ1v) is 7.22. The lowest BCUT2D eigenvalue weighted by Gasteiger charge is -2.28. The van der Waals surface area contributed by atoms with Crippen molar-refractivity contribution in [1.29, 1.82) is 0 Å². The molecule has 1 aliphatic heterocycles. The molecule has 2 fully saturated rings. The van der Waals surface area contributed by atoms with Gasteiger partial charge in [0.25, 0.3) is 0 Å². The maximum atomic E-state index is 11.8. The van der Waals surface area contributed by atoms with Crippen LogP contribution in [0.2, 0.25) is 0 Å². The Labute approximate surface area is 114 Å². The molecule has 19 heavy (non-hydrogen) atoms. The van der Waals surface area contributed by atoms with Gasteiger partial charge in [0.2, 0.25) is 0 Å². The van der Waals surface area contributed by atoms with E-state index in [0.717, 1.165) is 44.8 Å². The number of rotatable bonds is 4. The Hall–Kier alpha value is -1.07. The first kappa shape index (κ1) is 14.3. The van der Waals surface area contributed by atoms with Crippen molar-refractivity contribution in [1.82, 2.24) is 10.4 Å². The summed E-state index contributed by atoms with van der Waals surface area (Å²) in [5.74, 6) is -0.231. The third kappa shape index (κ3) is 5.20. The van der Waals surface area contributed by atoms with E-state index in [1.807, 2.05) is 6.92 Å². The standard InChI is InChI=1S/C14H24N2O3/c1-12(15-16-7-9-18-10-8-16)11-14(17)19-13-5-3-2-4-6-13/h11,13,15H,2-10H2,1H3/b12-11-. The van der Waals surface area contributed by atoms with Crippen molar-refractivity contribution in [2.75, 3.05) is 26.3 Å². The molecule has 1 saturated carbocycles. The lowest BCUT2D eigenvalue weighted by molar-refractivity contribution is -0.144. The van der Waals surface area contributed by atoms with E-state index in [1.54, 1.807) is 6.08 Å². The molecule has 0 aromatic heterocycles. The normalized spacial score (nSPS) is 23.1. The van der Waals surface area contributed by atoms with E-state index >= 15 is 0 Å². The number of esters is 1. The fourth-order valence-corrected chi connectivity index (χ4v) is 2.51. The molecule has 5 heteroatoms. The quantitative estimate of drug-likeness (QED) is 0.620. The van der Waals surface area contributed by atoms with Crippen LogP contribution in [-0.2, 0) is 14.3 Å². The Morgan fingerprint density at radius 3 is 2.63 bits per heavy atom. The molecule has 0 spiro atoms. The van der Waals surface area contributed by atoms with Crippen molar-refractivity contribution in [2.45, 2.75) is 45.1 Å². The topological polar surface area (TPSA) is 50.8 Å². The van der Waals surface area contributed by atoms with E-state index in [-0.39, 0.29) is 12.1 Å². The van der Waals surface area contributed by atoms with E-state index in [9.17, 15) is 4.79 Å². The summed E-state index contributed by atoms with van der Waals surface area (Å²) in [6.45, 7) is 5.02. The Bertz CT molecular complexity index is 319. The second kappa shape index (κ2) is 7.50. The van der Waals surface area contributed by atoms with Crippen LogP contribution in [0.5, 0.6) is 0 Å². The number of hydrogen-bond acceptors (Lipinski definition) is 5. The molecule has 0 bridgehead atoms. The van der Waals surface area contributed by atoms with Gasteiger partial charge in [-0.15, -0.1) is 0 Å². The minimum atomic E-state index is -0.231. The van der Waals surface area contributed by atoms with Gasteiger partial charge in [-0.1, -0.05) is 6.42 Å². The monoisotopic (exact) mass is 268 g/mol. The minimum absolute atomic E-state index is 0.119. The predicted octanol–water partition coefficient (Wildman–Crippen LogP) is 1.60. The van der Waals surface area contributed by atoms with Gasteiger partial charge < -0.3 is 14.9 Å². The molecule has 1 N–H and O–H groups in total. The smallest absolute Gasteiger partial charge is 0.332 e. The maximum absolute atomic E-state index is 11.8. The molecule has 5 nitrogen and oxygen atoms in total. The number of nitrogens with zero attached hydrogens (tertiary/aromatic N) is 1. The van der Waals surface area contributed by atoms with Crippen LogP contribution in [0.25, 0.3) is 0 Å². The predicted molar refractivity (Wildman–Crippen MR) is 72.2 cm³/mol. The Morgan fingerprint density at radius 1 is 1.26 bits per heavy atom. The van der Waals surface area contributed by atoms with Crippen molar-refractivity contribution >= 4 is 5.97 Å². The highest BCUT2D eigenvalue weighted by atomic mass is 16.5. The number of hydrazine groups is 1. The SMILES string of the molecule is C/C(=C/C(=O)OC1CCCCC1)NN1CCOCC1. The zero-order chi connectivity index (χ0) is 13.5. The molecule has 108 valence electrons. The summed E-state index contributed by atoms with van der Waals surface area (Å²) >= 11 is 0. The summed E-state index contributed by atoms with van der Waals surface area (Å²) in [6.07, 6.45) is 7.30. The van der Waals surface area contributed by atoms with Crippen molar-refractivity contribution in [2.24, 2.45) is 0 Å². The number of morpholine rings is 1. The summed E-state index contributed by atoms with van der Waals surface area (Å²) in [4.78, 5) is 11.8. The number of nitrogens with one attached hydrogen (secondary N) is 1. The van der Waals surface area contributed by atoms with Crippen LogP contribution >= 0.6 is 0 Å². The third-order valence-electron chi connectivity index (χ3n) is 3.51. The average Bonchev–Trinajstić information content (AvgIpc) is 2.40. The second-order valence-electron chi connectivity index (χ2n) is 5.24. The van der Waals surface area contributed by atoms with Crippen LogP contribution < -0.4 is 5.43 Å².